The Kier molecular flexibility index (Phi) is 3.62. The summed E-state index contributed by atoms with van der Waals surface area (Å²) in [6.45, 7) is 2.38. The van der Waals surface area contributed by atoms with Gasteiger partial charge in [0.05, 0.1) is 5.56 Å². The van der Waals surface area contributed by atoms with Crippen LogP contribution in [0.2, 0.25) is 0 Å². The molecule has 0 saturated carbocycles. The third-order valence-electron chi connectivity index (χ3n) is 4.42. The molecule has 0 aliphatic carbocycles. The van der Waals surface area contributed by atoms with Gasteiger partial charge in [0.2, 0.25) is 0 Å². The van der Waals surface area contributed by atoms with Crippen LogP contribution >= 0.6 is 0 Å². The molecule has 4 rings (SSSR count). The first-order valence-corrected chi connectivity index (χ1v) is 8.10. The van der Waals surface area contributed by atoms with Crippen molar-refractivity contribution in [3.05, 3.63) is 77.1 Å². The van der Waals surface area contributed by atoms with Gasteiger partial charge in [-0.15, -0.1) is 0 Å². The maximum atomic E-state index is 12.9. The van der Waals surface area contributed by atoms with Gasteiger partial charge in [-0.2, -0.15) is 0 Å². The van der Waals surface area contributed by atoms with Gasteiger partial charge >= 0.3 is 0 Å². The number of fused-ring (bicyclic) bond motifs is 2. The highest BCUT2D eigenvalue weighted by Crippen LogP contribution is 2.30. The van der Waals surface area contributed by atoms with E-state index >= 15 is 0 Å². The number of aryl methyl sites for hydroxylation is 1. The quantitative estimate of drug-likeness (QED) is 0.656. The minimum atomic E-state index is 0.0533. The zero-order chi connectivity index (χ0) is 16.5. The summed E-state index contributed by atoms with van der Waals surface area (Å²) in [4.78, 5) is 17.0. The van der Waals surface area contributed by atoms with Crippen LogP contribution in [0.3, 0.4) is 0 Å². The molecule has 2 aromatic carbocycles. The zero-order valence-electron chi connectivity index (χ0n) is 13.5. The Morgan fingerprint density at radius 2 is 2.12 bits per heavy atom. The van der Waals surface area contributed by atoms with E-state index in [0.717, 1.165) is 28.3 Å². The van der Waals surface area contributed by atoms with Crippen LogP contribution in [0, 0.1) is 0 Å². The summed E-state index contributed by atoms with van der Waals surface area (Å²) < 4.78 is 5.79. The number of aromatic nitrogens is 1. The molecule has 0 fully saturated rings. The molecule has 0 radical (unpaired) electrons. The van der Waals surface area contributed by atoms with Gasteiger partial charge in [-0.1, -0.05) is 31.2 Å². The molecule has 3 heteroatoms. The molecule has 1 aliphatic heterocycles. The number of hydrogen-bond acceptors (Lipinski definition) is 3. The summed E-state index contributed by atoms with van der Waals surface area (Å²) >= 11 is 0. The van der Waals surface area contributed by atoms with Crippen molar-refractivity contribution in [2.45, 2.75) is 13.3 Å². The largest absolute Gasteiger partial charge is 0.488 e. The standard InChI is InChI=1S/C21H17NO2/c1-2-14-6-7-20-19(10-14)21(23)17(13-24-20)11-15-4-3-5-16-12-22-9-8-18(15)16/h3-12H,2,13H2,1H3/b17-11+. The number of rotatable bonds is 2. The van der Waals surface area contributed by atoms with E-state index in [9.17, 15) is 4.79 Å². The Hall–Kier alpha value is -2.94. The predicted octanol–water partition coefficient (Wildman–Crippen LogP) is 4.46. The second-order valence-electron chi connectivity index (χ2n) is 5.92. The monoisotopic (exact) mass is 315 g/mol. The van der Waals surface area contributed by atoms with Gasteiger partial charge in [-0.05, 0) is 47.2 Å². The number of carbonyl (C=O) groups excluding carboxylic acids is 1. The van der Waals surface area contributed by atoms with Gasteiger partial charge in [-0.25, -0.2) is 0 Å². The molecule has 0 N–H and O–H groups in total. The molecule has 0 spiro atoms. The van der Waals surface area contributed by atoms with E-state index in [1.165, 1.54) is 0 Å². The lowest BCUT2D eigenvalue weighted by Gasteiger charge is -2.19. The van der Waals surface area contributed by atoms with Gasteiger partial charge in [0.1, 0.15) is 12.4 Å². The first kappa shape index (κ1) is 14.6. The fraction of sp³-hybridized carbons (Fsp3) is 0.143. The van der Waals surface area contributed by atoms with E-state index in [4.69, 9.17) is 4.74 Å². The van der Waals surface area contributed by atoms with Crippen LogP contribution < -0.4 is 4.74 Å². The van der Waals surface area contributed by atoms with E-state index in [1.54, 1.807) is 6.20 Å². The number of hydrogen-bond donors (Lipinski definition) is 0. The van der Waals surface area contributed by atoms with E-state index in [-0.39, 0.29) is 5.78 Å². The van der Waals surface area contributed by atoms with Crippen LogP contribution in [-0.4, -0.2) is 17.4 Å². The van der Waals surface area contributed by atoms with Crippen molar-refractivity contribution in [1.29, 1.82) is 0 Å². The molecular formula is C21H17NO2. The van der Waals surface area contributed by atoms with Gasteiger partial charge in [0.15, 0.2) is 5.78 Å². The Morgan fingerprint density at radius 1 is 1.21 bits per heavy atom. The van der Waals surface area contributed by atoms with Crippen LogP contribution in [0.5, 0.6) is 5.75 Å². The summed E-state index contributed by atoms with van der Waals surface area (Å²) in [6.07, 6.45) is 6.44. The molecule has 3 nitrogen and oxygen atoms in total. The summed E-state index contributed by atoms with van der Waals surface area (Å²) in [6, 6.07) is 13.8. The summed E-state index contributed by atoms with van der Waals surface area (Å²) in [5.74, 6) is 0.731. The maximum Gasteiger partial charge on any atom is 0.196 e. The normalized spacial score (nSPS) is 15.4. The van der Waals surface area contributed by atoms with Crippen molar-refractivity contribution in [1.82, 2.24) is 4.98 Å². The second-order valence-corrected chi connectivity index (χ2v) is 5.92. The van der Waals surface area contributed by atoms with E-state index in [2.05, 4.69) is 11.9 Å². The Labute approximate surface area is 140 Å². The molecule has 24 heavy (non-hydrogen) atoms. The molecule has 0 saturated heterocycles. The van der Waals surface area contributed by atoms with Crippen LogP contribution in [0.25, 0.3) is 16.8 Å². The molecule has 1 aromatic heterocycles. The van der Waals surface area contributed by atoms with Crippen molar-refractivity contribution in [2.24, 2.45) is 0 Å². The lowest BCUT2D eigenvalue weighted by Crippen LogP contribution is -2.19. The summed E-state index contributed by atoms with van der Waals surface area (Å²) in [5, 5.41) is 2.14. The van der Waals surface area contributed by atoms with Crippen LogP contribution in [0.1, 0.15) is 28.4 Å². The number of carbonyl (C=O) groups is 1. The van der Waals surface area contributed by atoms with Crippen molar-refractivity contribution < 1.29 is 9.53 Å². The topological polar surface area (TPSA) is 39.2 Å². The third kappa shape index (κ3) is 2.48. The smallest absolute Gasteiger partial charge is 0.196 e. The fourth-order valence-corrected chi connectivity index (χ4v) is 3.06. The van der Waals surface area contributed by atoms with Crippen molar-refractivity contribution in [3.63, 3.8) is 0 Å². The molecule has 0 amide bonds. The van der Waals surface area contributed by atoms with Crippen molar-refractivity contribution in [2.75, 3.05) is 6.61 Å². The van der Waals surface area contributed by atoms with E-state index in [1.807, 2.05) is 54.7 Å². The number of pyridine rings is 1. The number of nitrogens with zero attached hydrogens (tertiary/aromatic N) is 1. The lowest BCUT2D eigenvalue weighted by molar-refractivity contribution is 0.100. The van der Waals surface area contributed by atoms with Crippen LogP contribution in [0.15, 0.2) is 60.4 Å². The molecule has 0 unspecified atom stereocenters. The molecular weight excluding hydrogens is 298 g/mol. The highest BCUT2D eigenvalue weighted by atomic mass is 16.5. The summed E-state index contributed by atoms with van der Waals surface area (Å²) in [7, 11) is 0. The van der Waals surface area contributed by atoms with E-state index < -0.39 is 0 Å². The predicted molar refractivity (Wildman–Crippen MR) is 95.4 cm³/mol. The fourth-order valence-electron chi connectivity index (χ4n) is 3.06. The second kappa shape index (κ2) is 5.93. The van der Waals surface area contributed by atoms with E-state index in [0.29, 0.717) is 23.5 Å². The highest BCUT2D eigenvalue weighted by Gasteiger charge is 2.23. The number of ether oxygens (including phenoxy) is 1. The third-order valence-corrected chi connectivity index (χ3v) is 4.42. The Morgan fingerprint density at radius 3 is 3.00 bits per heavy atom. The summed E-state index contributed by atoms with van der Waals surface area (Å²) in [5.41, 5.74) is 3.49. The van der Waals surface area contributed by atoms with Gasteiger partial charge in [0, 0.05) is 23.4 Å². The van der Waals surface area contributed by atoms with Gasteiger partial charge in [0.25, 0.3) is 0 Å². The average Bonchev–Trinajstić information content (AvgIpc) is 2.64. The Bertz CT molecular complexity index is 967. The molecule has 118 valence electrons. The van der Waals surface area contributed by atoms with Crippen LogP contribution in [0.4, 0.5) is 0 Å². The highest BCUT2D eigenvalue weighted by molar-refractivity contribution is 6.14. The van der Waals surface area contributed by atoms with Gasteiger partial charge < -0.3 is 4.74 Å². The number of benzene rings is 2. The van der Waals surface area contributed by atoms with Crippen molar-refractivity contribution in [3.8, 4) is 5.75 Å². The first-order chi connectivity index (χ1) is 11.8. The molecule has 0 atom stereocenters. The first-order valence-electron chi connectivity index (χ1n) is 8.10. The maximum absolute atomic E-state index is 12.9. The minimum Gasteiger partial charge on any atom is -0.488 e. The minimum absolute atomic E-state index is 0.0533. The van der Waals surface area contributed by atoms with Crippen LogP contribution in [-0.2, 0) is 6.42 Å². The lowest BCUT2D eigenvalue weighted by atomic mass is 9.95. The number of ketones is 1. The molecule has 0 bridgehead atoms. The molecule has 2 heterocycles. The Balaban J connectivity index is 1.79. The molecule has 3 aromatic rings. The average molecular weight is 315 g/mol. The van der Waals surface area contributed by atoms with Gasteiger partial charge in [-0.3, -0.25) is 9.78 Å². The number of Topliss-reactive ketones (excluding diaryl/α,β-unsaturated/α-hetero) is 1. The molecule has 1 aliphatic rings. The van der Waals surface area contributed by atoms with Crippen molar-refractivity contribution >= 4 is 22.6 Å². The SMILES string of the molecule is CCc1ccc2c(c1)C(=O)/C(=C/c1cccc3cnccc13)CO2. The zero-order valence-corrected chi connectivity index (χ0v) is 13.5.